The topological polar surface area (TPSA) is 106 Å². The molecule has 2 aromatic heterocycles. The number of rotatable bonds is 5. The van der Waals surface area contributed by atoms with Crippen molar-refractivity contribution in [3.05, 3.63) is 41.7 Å². The van der Waals surface area contributed by atoms with Gasteiger partial charge in [0.15, 0.2) is 17.1 Å². The van der Waals surface area contributed by atoms with Gasteiger partial charge < -0.3 is 9.47 Å². The van der Waals surface area contributed by atoms with Crippen LogP contribution in [0.3, 0.4) is 0 Å². The van der Waals surface area contributed by atoms with Crippen LogP contribution in [0.1, 0.15) is 17.5 Å². The van der Waals surface area contributed by atoms with E-state index in [1.54, 1.807) is 18.5 Å². The number of sulfonamides is 1. The first-order chi connectivity index (χ1) is 13.0. The number of nitrogens with one attached hydrogen (secondary N) is 2. The zero-order valence-corrected chi connectivity index (χ0v) is 15.8. The third kappa shape index (κ3) is 3.24. The van der Waals surface area contributed by atoms with Gasteiger partial charge in [-0.3, -0.25) is 5.10 Å². The standard InChI is InChI=1S/C18H20N4O4S/c1-25-16-6-4-13(8-17(16)26-2)27(23,24)22-12-3-5-14-11(7-12)9-19-18-15(14)10-20-21-18/h4,6,8-10,12,22H,3,5,7H2,1-2H3,(H,19,20,21). The predicted molar refractivity (Wildman–Crippen MR) is 99.6 cm³/mol. The van der Waals surface area contributed by atoms with Crippen molar-refractivity contribution in [2.24, 2.45) is 0 Å². The summed E-state index contributed by atoms with van der Waals surface area (Å²) in [6.07, 6.45) is 5.65. The van der Waals surface area contributed by atoms with Crippen LogP contribution in [-0.2, 0) is 22.9 Å². The maximum Gasteiger partial charge on any atom is 0.240 e. The lowest BCUT2D eigenvalue weighted by atomic mass is 9.88. The minimum Gasteiger partial charge on any atom is -0.493 e. The Hall–Kier alpha value is -2.65. The molecule has 0 saturated carbocycles. The van der Waals surface area contributed by atoms with Crippen molar-refractivity contribution >= 4 is 21.1 Å². The highest BCUT2D eigenvalue weighted by molar-refractivity contribution is 7.89. The fourth-order valence-electron chi connectivity index (χ4n) is 3.52. The number of aryl methyl sites for hydroxylation is 1. The second-order valence-electron chi connectivity index (χ2n) is 6.47. The number of nitrogens with zero attached hydrogens (tertiary/aromatic N) is 2. The zero-order valence-electron chi connectivity index (χ0n) is 15.0. The van der Waals surface area contributed by atoms with Gasteiger partial charge in [0, 0.05) is 23.7 Å². The van der Waals surface area contributed by atoms with Crippen molar-refractivity contribution in [2.45, 2.75) is 30.2 Å². The maximum atomic E-state index is 12.8. The second kappa shape index (κ2) is 6.82. The number of methoxy groups -OCH3 is 2. The predicted octanol–water partition coefficient (Wildman–Crippen LogP) is 1.81. The highest BCUT2D eigenvalue weighted by Crippen LogP contribution is 2.31. The molecule has 1 unspecified atom stereocenters. The van der Waals surface area contributed by atoms with Crippen LogP contribution in [-0.4, -0.2) is 43.9 Å². The van der Waals surface area contributed by atoms with E-state index in [2.05, 4.69) is 19.9 Å². The molecule has 3 aromatic rings. The minimum absolute atomic E-state index is 0.148. The second-order valence-corrected chi connectivity index (χ2v) is 8.19. The molecule has 2 N–H and O–H groups in total. The van der Waals surface area contributed by atoms with Gasteiger partial charge in [-0.15, -0.1) is 0 Å². The fourth-order valence-corrected chi connectivity index (χ4v) is 4.81. The third-order valence-electron chi connectivity index (χ3n) is 4.88. The van der Waals surface area contributed by atoms with E-state index in [0.717, 1.165) is 23.0 Å². The summed E-state index contributed by atoms with van der Waals surface area (Å²) in [5.74, 6) is 0.860. The molecule has 1 atom stereocenters. The normalized spacial score (nSPS) is 16.9. The summed E-state index contributed by atoms with van der Waals surface area (Å²) in [5.41, 5.74) is 3.00. The van der Waals surface area contributed by atoms with Gasteiger partial charge in [0.25, 0.3) is 0 Å². The van der Waals surface area contributed by atoms with E-state index in [4.69, 9.17) is 9.47 Å². The highest BCUT2D eigenvalue weighted by atomic mass is 32.2. The molecule has 0 saturated heterocycles. The molecule has 1 aromatic carbocycles. The molecular weight excluding hydrogens is 368 g/mol. The van der Waals surface area contributed by atoms with Crippen LogP contribution >= 0.6 is 0 Å². The molecule has 142 valence electrons. The molecule has 0 spiro atoms. The number of hydrogen-bond donors (Lipinski definition) is 2. The van der Waals surface area contributed by atoms with E-state index >= 15 is 0 Å². The monoisotopic (exact) mass is 388 g/mol. The Bertz CT molecular complexity index is 1090. The smallest absolute Gasteiger partial charge is 0.240 e. The van der Waals surface area contributed by atoms with Crippen LogP contribution in [0.4, 0.5) is 0 Å². The van der Waals surface area contributed by atoms with Crippen LogP contribution in [0.2, 0.25) is 0 Å². The molecule has 9 heteroatoms. The summed E-state index contributed by atoms with van der Waals surface area (Å²) in [7, 11) is -0.692. The van der Waals surface area contributed by atoms with Gasteiger partial charge in [-0.1, -0.05) is 0 Å². The SMILES string of the molecule is COc1ccc(S(=O)(=O)NC2CCc3c(cnc4[nH]ncc34)C2)cc1OC. The first kappa shape index (κ1) is 17.7. The Morgan fingerprint density at radius 2 is 2.00 bits per heavy atom. The molecule has 1 aliphatic rings. The summed E-state index contributed by atoms with van der Waals surface area (Å²) in [4.78, 5) is 4.51. The van der Waals surface area contributed by atoms with Crippen molar-refractivity contribution in [2.75, 3.05) is 14.2 Å². The summed E-state index contributed by atoms with van der Waals surface area (Å²) >= 11 is 0. The average Bonchev–Trinajstić information content (AvgIpc) is 3.16. The average molecular weight is 388 g/mol. The van der Waals surface area contributed by atoms with E-state index in [9.17, 15) is 8.42 Å². The molecule has 27 heavy (non-hydrogen) atoms. The lowest BCUT2D eigenvalue weighted by Gasteiger charge is -2.25. The maximum absolute atomic E-state index is 12.8. The van der Waals surface area contributed by atoms with Crippen LogP contribution in [0.15, 0.2) is 35.5 Å². The first-order valence-electron chi connectivity index (χ1n) is 8.56. The Labute approximate surface area is 157 Å². The summed E-state index contributed by atoms with van der Waals surface area (Å²) in [5, 5.41) is 7.91. The number of aromatic amines is 1. The fraction of sp³-hybridized carbons (Fsp3) is 0.333. The van der Waals surface area contributed by atoms with Gasteiger partial charge in [0.1, 0.15) is 0 Å². The molecule has 4 rings (SSSR count). The van der Waals surface area contributed by atoms with Gasteiger partial charge in [-0.25, -0.2) is 18.1 Å². The molecule has 0 aliphatic heterocycles. The van der Waals surface area contributed by atoms with E-state index in [1.807, 2.05) is 0 Å². The molecule has 0 radical (unpaired) electrons. The van der Waals surface area contributed by atoms with Crippen molar-refractivity contribution < 1.29 is 17.9 Å². The van der Waals surface area contributed by atoms with Gasteiger partial charge in [-0.05, 0) is 42.5 Å². The van der Waals surface area contributed by atoms with E-state index in [-0.39, 0.29) is 10.9 Å². The summed E-state index contributed by atoms with van der Waals surface area (Å²) in [6.45, 7) is 0. The van der Waals surface area contributed by atoms with Gasteiger partial charge in [0.2, 0.25) is 10.0 Å². The summed E-state index contributed by atoms with van der Waals surface area (Å²) in [6, 6.07) is 4.37. The van der Waals surface area contributed by atoms with Crippen LogP contribution in [0, 0.1) is 0 Å². The number of ether oxygens (including phenoxy) is 2. The Morgan fingerprint density at radius 1 is 1.19 bits per heavy atom. The van der Waals surface area contributed by atoms with E-state index in [1.165, 1.54) is 31.9 Å². The lowest BCUT2D eigenvalue weighted by Crippen LogP contribution is -2.38. The molecule has 0 bridgehead atoms. The number of aromatic nitrogens is 3. The highest BCUT2D eigenvalue weighted by Gasteiger charge is 2.26. The Balaban J connectivity index is 1.57. The van der Waals surface area contributed by atoms with Crippen molar-refractivity contribution in [1.82, 2.24) is 19.9 Å². The summed E-state index contributed by atoms with van der Waals surface area (Å²) < 4.78 is 38.8. The van der Waals surface area contributed by atoms with Crippen molar-refractivity contribution in [1.29, 1.82) is 0 Å². The zero-order chi connectivity index (χ0) is 19.0. The Morgan fingerprint density at radius 3 is 2.78 bits per heavy atom. The van der Waals surface area contributed by atoms with Crippen LogP contribution < -0.4 is 14.2 Å². The Kier molecular flexibility index (Phi) is 4.48. The molecule has 2 heterocycles. The quantitative estimate of drug-likeness (QED) is 0.690. The van der Waals surface area contributed by atoms with Crippen molar-refractivity contribution in [3.8, 4) is 11.5 Å². The van der Waals surface area contributed by atoms with E-state index in [0.29, 0.717) is 24.3 Å². The lowest BCUT2D eigenvalue weighted by molar-refractivity contribution is 0.354. The first-order valence-corrected chi connectivity index (χ1v) is 10.0. The number of hydrogen-bond acceptors (Lipinski definition) is 6. The molecule has 0 fully saturated rings. The molecule has 0 amide bonds. The van der Waals surface area contributed by atoms with Gasteiger partial charge in [-0.2, -0.15) is 5.10 Å². The minimum atomic E-state index is -3.68. The number of fused-ring (bicyclic) bond motifs is 3. The van der Waals surface area contributed by atoms with Crippen LogP contribution in [0.5, 0.6) is 11.5 Å². The van der Waals surface area contributed by atoms with Gasteiger partial charge >= 0.3 is 0 Å². The third-order valence-corrected chi connectivity index (χ3v) is 6.40. The number of benzene rings is 1. The number of pyridine rings is 1. The molecule has 8 nitrogen and oxygen atoms in total. The number of H-pyrrole nitrogens is 1. The molecule has 1 aliphatic carbocycles. The van der Waals surface area contributed by atoms with Crippen LogP contribution in [0.25, 0.3) is 11.0 Å². The molecular formula is C18H20N4O4S. The van der Waals surface area contributed by atoms with Gasteiger partial charge in [0.05, 0.1) is 25.3 Å². The van der Waals surface area contributed by atoms with E-state index < -0.39 is 10.0 Å². The largest absolute Gasteiger partial charge is 0.493 e. The van der Waals surface area contributed by atoms with Crippen molar-refractivity contribution in [3.63, 3.8) is 0 Å².